The normalized spacial score (nSPS) is 12.8. The van der Waals surface area contributed by atoms with Gasteiger partial charge in [-0.1, -0.05) is 28.6 Å². The van der Waals surface area contributed by atoms with Crippen LogP contribution in [0.3, 0.4) is 0 Å². The molecule has 158 valence electrons. The molecule has 1 N–H and O–H groups in total. The van der Waals surface area contributed by atoms with Crippen LogP contribution < -0.4 is 14.8 Å². The smallest absolute Gasteiger partial charge is 0.266 e. The highest BCUT2D eigenvalue weighted by molar-refractivity contribution is 9.10. The summed E-state index contributed by atoms with van der Waals surface area (Å²) in [6.45, 7) is 3.94. The third-order valence-electron chi connectivity index (χ3n) is 4.81. The number of halogens is 1. The van der Waals surface area contributed by atoms with Crippen LogP contribution in [0.2, 0.25) is 0 Å². The Morgan fingerprint density at radius 3 is 2.77 bits per heavy atom. The van der Waals surface area contributed by atoms with E-state index in [2.05, 4.69) is 33.9 Å². The first-order chi connectivity index (χ1) is 15.0. The van der Waals surface area contributed by atoms with Crippen molar-refractivity contribution in [3.05, 3.63) is 56.4 Å². The van der Waals surface area contributed by atoms with Gasteiger partial charge < -0.3 is 14.8 Å². The Labute approximate surface area is 193 Å². The predicted octanol–water partition coefficient (Wildman–Crippen LogP) is 5.38. The summed E-state index contributed by atoms with van der Waals surface area (Å²) in [5.74, 6) is 0.416. The molecule has 0 spiro atoms. The minimum Gasteiger partial charge on any atom is -0.493 e. The number of methoxy groups -OCH3 is 1. The number of amides is 1. The number of carbonyl (C=O) groups is 1. The van der Waals surface area contributed by atoms with Gasteiger partial charge in [-0.3, -0.25) is 4.79 Å². The highest BCUT2D eigenvalue weighted by Crippen LogP contribution is 2.38. The molecule has 0 saturated carbocycles. The van der Waals surface area contributed by atoms with Crippen LogP contribution in [-0.4, -0.2) is 19.6 Å². The average molecular weight is 498 g/mol. The van der Waals surface area contributed by atoms with E-state index in [-0.39, 0.29) is 5.57 Å². The lowest BCUT2D eigenvalue weighted by Gasteiger charge is -2.12. The first-order valence-corrected chi connectivity index (χ1v) is 11.2. The number of fused-ring (bicyclic) bond motifs is 1. The molecule has 1 aliphatic rings. The van der Waals surface area contributed by atoms with E-state index in [1.54, 1.807) is 18.2 Å². The van der Waals surface area contributed by atoms with Gasteiger partial charge in [-0.25, -0.2) is 0 Å². The van der Waals surface area contributed by atoms with E-state index in [1.807, 2.05) is 6.07 Å². The number of ether oxygens (including phenoxy) is 2. The van der Waals surface area contributed by atoms with Gasteiger partial charge >= 0.3 is 0 Å². The maximum atomic E-state index is 12.8. The van der Waals surface area contributed by atoms with Gasteiger partial charge in [0.2, 0.25) is 0 Å². The van der Waals surface area contributed by atoms with Crippen molar-refractivity contribution >= 4 is 44.3 Å². The molecule has 1 aromatic carbocycles. The molecule has 2 aromatic rings. The summed E-state index contributed by atoms with van der Waals surface area (Å²) in [7, 11) is 1.51. The number of hydrogen-bond donors (Lipinski definition) is 1. The summed E-state index contributed by atoms with van der Waals surface area (Å²) in [6, 6.07) is 7.55. The van der Waals surface area contributed by atoms with Crippen LogP contribution in [0.1, 0.15) is 34.4 Å². The van der Waals surface area contributed by atoms with E-state index < -0.39 is 5.91 Å². The Kier molecular flexibility index (Phi) is 7.51. The third-order valence-corrected chi connectivity index (χ3v) is 6.71. The molecule has 0 saturated heterocycles. The summed E-state index contributed by atoms with van der Waals surface area (Å²) in [4.78, 5) is 14.0. The zero-order valence-electron chi connectivity index (χ0n) is 17.0. The lowest BCUT2D eigenvalue weighted by atomic mass is 9.96. The van der Waals surface area contributed by atoms with E-state index in [4.69, 9.17) is 9.47 Å². The Morgan fingerprint density at radius 2 is 2.10 bits per heavy atom. The number of carbonyl (C=O) groups excluding carboxylic acids is 1. The van der Waals surface area contributed by atoms with E-state index >= 15 is 0 Å². The minimum atomic E-state index is -0.560. The molecule has 0 unspecified atom stereocenters. The molecule has 1 amide bonds. The molecule has 8 heteroatoms. The molecule has 0 bridgehead atoms. The highest BCUT2D eigenvalue weighted by Gasteiger charge is 2.23. The molecule has 0 radical (unpaired) electrons. The Bertz CT molecular complexity index is 1140. The van der Waals surface area contributed by atoms with Crippen molar-refractivity contribution in [1.82, 2.24) is 0 Å². The van der Waals surface area contributed by atoms with Gasteiger partial charge in [0.1, 0.15) is 29.3 Å². The van der Waals surface area contributed by atoms with Crippen LogP contribution in [0.25, 0.3) is 6.08 Å². The molecule has 31 heavy (non-hydrogen) atoms. The van der Waals surface area contributed by atoms with Crippen LogP contribution in [0.5, 0.6) is 11.5 Å². The Morgan fingerprint density at radius 1 is 1.32 bits per heavy atom. The van der Waals surface area contributed by atoms with E-state index in [1.165, 1.54) is 24.5 Å². The molecule has 0 atom stereocenters. The van der Waals surface area contributed by atoms with Crippen molar-refractivity contribution in [3.8, 4) is 23.6 Å². The van der Waals surface area contributed by atoms with E-state index in [0.29, 0.717) is 38.7 Å². The van der Waals surface area contributed by atoms with Crippen LogP contribution >= 0.6 is 27.3 Å². The zero-order valence-corrected chi connectivity index (χ0v) is 19.4. The summed E-state index contributed by atoms with van der Waals surface area (Å²) in [5.41, 5.74) is 2.04. The molecule has 0 fully saturated rings. The van der Waals surface area contributed by atoms with Gasteiger partial charge in [0, 0.05) is 9.35 Å². The summed E-state index contributed by atoms with van der Waals surface area (Å²) in [5, 5.41) is 22.4. The number of aryl methyl sites for hydroxylation is 1. The second-order valence-corrected chi connectivity index (χ2v) is 8.73. The number of anilines is 1. The number of nitrogens with one attached hydrogen (secondary N) is 1. The fraction of sp³-hybridized carbons (Fsp3) is 0.261. The molecular weight excluding hydrogens is 478 g/mol. The van der Waals surface area contributed by atoms with Crippen LogP contribution in [0.15, 0.2) is 34.8 Å². The summed E-state index contributed by atoms with van der Waals surface area (Å²) < 4.78 is 11.6. The lowest BCUT2D eigenvalue weighted by Crippen LogP contribution is -2.13. The minimum absolute atomic E-state index is 0.0854. The van der Waals surface area contributed by atoms with Gasteiger partial charge in [0.05, 0.1) is 12.7 Å². The number of rotatable bonds is 7. The molecular formula is C23H20BrN3O3S. The van der Waals surface area contributed by atoms with Crippen molar-refractivity contribution in [3.63, 3.8) is 0 Å². The SMILES string of the molecule is C=CCOc1cc(Br)c(/C=C(\C#N)C(=O)Nc2sc3c(c2C#N)CCCC3)cc1OC. The maximum absolute atomic E-state index is 12.8. The summed E-state index contributed by atoms with van der Waals surface area (Å²) in [6.07, 6.45) is 6.97. The maximum Gasteiger partial charge on any atom is 0.266 e. The standard InChI is InChI=1S/C23H20BrN3O3S/c1-3-8-30-20-11-18(24)14(10-19(20)29-2)9-15(12-25)22(28)27-23-17(13-26)16-6-4-5-7-21(16)31-23/h3,9-11H,1,4-8H2,2H3,(H,27,28)/b15-9+. The Hall–Kier alpha value is -3.07. The van der Waals surface area contributed by atoms with Crippen molar-refractivity contribution in [2.45, 2.75) is 25.7 Å². The molecule has 1 aliphatic carbocycles. The monoisotopic (exact) mass is 497 g/mol. The lowest BCUT2D eigenvalue weighted by molar-refractivity contribution is -0.112. The van der Waals surface area contributed by atoms with Gasteiger partial charge in [-0.2, -0.15) is 10.5 Å². The topological polar surface area (TPSA) is 95.1 Å². The number of thiophene rings is 1. The first-order valence-electron chi connectivity index (χ1n) is 9.61. The molecule has 1 aromatic heterocycles. The third kappa shape index (κ3) is 4.99. The van der Waals surface area contributed by atoms with Crippen LogP contribution in [0, 0.1) is 22.7 Å². The first kappa shape index (κ1) is 22.6. The molecule has 0 aliphatic heterocycles. The van der Waals surface area contributed by atoms with Crippen molar-refractivity contribution in [1.29, 1.82) is 10.5 Å². The van der Waals surface area contributed by atoms with Gasteiger partial charge in [-0.05, 0) is 55.0 Å². The molecule has 3 rings (SSSR count). The van der Waals surface area contributed by atoms with Crippen LogP contribution in [-0.2, 0) is 17.6 Å². The second kappa shape index (κ2) is 10.3. The highest BCUT2D eigenvalue weighted by atomic mass is 79.9. The zero-order chi connectivity index (χ0) is 22.4. The number of benzene rings is 1. The number of nitrogens with zero attached hydrogens (tertiary/aromatic N) is 2. The molecule has 6 nitrogen and oxygen atoms in total. The molecule has 1 heterocycles. The number of nitriles is 2. The number of hydrogen-bond acceptors (Lipinski definition) is 6. The van der Waals surface area contributed by atoms with Crippen molar-refractivity contribution in [2.24, 2.45) is 0 Å². The predicted molar refractivity (Wildman–Crippen MR) is 124 cm³/mol. The average Bonchev–Trinajstić information content (AvgIpc) is 3.13. The van der Waals surface area contributed by atoms with Gasteiger partial charge in [0.15, 0.2) is 11.5 Å². The Balaban J connectivity index is 1.90. The van der Waals surface area contributed by atoms with E-state index in [0.717, 1.165) is 36.1 Å². The van der Waals surface area contributed by atoms with Gasteiger partial charge in [-0.15, -0.1) is 11.3 Å². The fourth-order valence-electron chi connectivity index (χ4n) is 3.33. The summed E-state index contributed by atoms with van der Waals surface area (Å²) >= 11 is 4.87. The van der Waals surface area contributed by atoms with Gasteiger partial charge in [0.25, 0.3) is 5.91 Å². The second-order valence-electron chi connectivity index (χ2n) is 6.78. The largest absolute Gasteiger partial charge is 0.493 e. The quantitative estimate of drug-likeness (QED) is 0.314. The van der Waals surface area contributed by atoms with Crippen molar-refractivity contribution in [2.75, 3.05) is 19.0 Å². The van der Waals surface area contributed by atoms with E-state index in [9.17, 15) is 15.3 Å². The van der Waals surface area contributed by atoms with Crippen LogP contribution in [0.4, 0.5) is 5.00 Å². The van der Waals surface area contributed by atoms with Crippen molar-refractivity contribution < 1.29 is 14.3 Å². The fourth-order valence-corrected chi connectivity index (χ4v) is 5.00.